The highest BCUT2D eigenvalue weighted by atomic mass is 16.5. The molecule has 0 fully saturated rings. The van der Waals surface area contributed by atoms with Gasteiger partial charge < -0.3 is 14.6 Å². The SMILES string of the molecule is O=C(O)CCc1ccccc1OCCOc1ccc2ccccc2c1. The summed E-state index contributed by atoms with van der Waals surface area (Å²) in [7, 11) is 0. The minimum atomic E-state index is -0.811. The molecular formula is C21H20O4. The third-order valence-electron chi connectivity index (χ3n) is 3.91. The van der Waals surface area contributed by atoms with Crippen LogP contribution in [0.2, 0.25) is 0 Å². The molecule has 128 valence electrons. The number of benzene rings is 3. The van der Waals surface area contributed by atoms with Crippen LogP contribution in [0.4, 0.5) is 0 Å². The van der Waals surface area contributed by atoms with E-state index in [1.54, 1.807) is 0 Å². The lowest BCUT2D eigenvalue weighted by atomic mass is 10.1. The van der Waals surface area contributed by atoms with Crippen LogP contribution in [0.15, 0.2) is 66.7 Å². The first-order valence-electron chi connectivity index (χ1n) is 8.26. The van der Waals surface area contributed by atoms with Gasteiger partial charge in [-0.25, -0.2) is 0 Å². The molecular weight excluding hydrogens is 316 g/mol. The topological polar surface area (TPSA) is 55.8 Å². The van der Waals surface area contributed by atoms with Crippen molar-refractivity contribution in [1.82, 2.24) is 0 Å². The van der Waals surface area contributed by atoms with E-state index in [-0.39, 0.29) is 6.42 Å². The molecule has 0 aliphatic carbocycles. The molecule has 0 radical (unpaired) electrons. The van der Waals surface area contributed by atoms with Gasteiger partial charge in [-0.05, 0) is 41.0 Å². The zero-order valence-corrected chi connectivity index (χ0v) is 13.9. The van der Waals surface area contributed by atoms with Gasteiger partial charge in [-0.3, -0.25) is 4.79 Å². The summed E-state index contributed by atoms with van der Waals surface area (Å²) in [5.74, 6) is 0.710. The van der Waals surface area contributed by atoms with E-state index in [0.29, 0.717) is 25.4 Å². The monoisotopic (exact) mass is 336 g/mol. The summed E-state index contributed by atoms with van der Waals surface area (Å²) in [6.45, 7) is 0.822. The molecule has 0 saturated carbocycles. The van der Waals surface area contributed by atoms with Crippen LogP contribution in [0.25, 0.3) is 10.8 Å². The van der Waals surface area contributed by atoms with Gasteiger partial charge >= 0.3 is 5.97 Å². The predicted molar refractivity (Wildman–Crippen MR) is 97.3 cm³/mol. The number of para-hydroxylation sites is 1. The van der Waals surface area contributed by atoms with Gasteiger partial charge in [0.05, 0.1) is 0 Å². The molecule has 0 heterocycles. The largest absolute Gasteiger partial charge is 0.490 e. The summed E-state index contributed by atoms with van der Waals surface area (Å²) in [5, 5.41) is 11.1. The highest BCUT2D eigenvalue weighted by molar-refractivity contribution is 5.83. The Balaban J connectivity index is 1.53. The van der Waals surface area contributed by atoms with Crippen molar-refractivity contribution in [3.63, 3.8) is 0 Å². The van der Waals surface area contributed by atoms with Crippen molar-refractivity contribution >= 4 is 16.7 Å². The Hall–Kier alpha value is -3.01. The van der Waals surface area contributed by atoms with Crippen molar-refractivity contribution in [3.05, 3.63) is 72.3 Å². The van der Waals surface area contributed by atoms with Gasteiger partial charge in [0.2, 0.25) is 0 Å². The second-order valence-corrected chi connectivity index (χ2v) is 5.71. The van der Waals surface area contributed by atoms with Gasteiger partial charge in [0, 0.05) is 6.42 Å². The van der Waals surface area contributed by atoms with E-state index in [1.807, 2.05) is 54.6 Å². The number of carboxylic acids is 1. The van der Waals surface area contributed by atoms with Crippen LogP contribution in [0.3, 0.4) is 0 Å². The fourth-order valence-corrected chi connectivity index (χ4v) is 2.66. The number of aryl methyl sites for hydroxylation is 1. The summed E-state index contributed by atoms with van der Waals surface area (Å²) in [5.41, 5.74) is 0.899. The Morgan fingerprint density at radius 3 is 2.40 bits per heavy atom. The van der Waals surface area contributed by atoms with Crippen molar-refractivity contribution in [2.75, 3.05) is 13.2 Å². The standard InChI is InChI=1S/C21H20O4/c22-21(23)12-10-17-6-3-4-8-20(17)25-14-13-24-19-11-9-16-5-1-2-7-18(16)15-19/h1-9,11,15H,10,12-14H2,(H,22,23). The predicted octanol–water partition coefficient (Wildman–Crippen LogP) is 4.31. The molecule has 3 rings (SSSR count). The molecule has 3 aromatic carbocycles. The highest BCUT2D eigenvalue weighted by Crippen LogP contribution is 2.21. The molecule has 0 spiro atoms. The Morgan fingerprint density at radius 1 is 0.840 bits per heavy atom. The van der Waals surface area contributed by atoms with E-state index in [4.69, 9.17) is 14.6 Å². The maximum atomic E-state index is 10.7. The van der Waals surface area contributed by atoms with Gasteiger partial charge in [-0.2, -0.15) is 0 Å². The van der Waals surface area contributed by atoms with Crippen molar-refractivity contribution < 1.29 is 19.4 Å². The second-order valence-electron chi connectivity index (χ2n) is 5.71. The number of fused-ring (bicyclic) bond motifs is 1. The van der Waals surface area contributed by atoms with Gasteiger partial charge in [0.25, 0.3) is 0 Å². The van der Waals surface area contributed by atoms with E-state index in [1.165, 1.54) is 5.39 Å². The van der Waals surface area contributed by atoms with E-state index < -0.39 is 5.97 Å². The molecule has 4 nitrogen and oxygen atoms in total. The lowest BCUT2D eigenvalue weighted by Gasteiger charge is -2.12. The Bertz CT molecular complexity index is 857. The molecule has 0 aliphatic rings. The Labute approximate surface area is 146 Å². The number of hydrogen-bond acceptors (Lipinski definition) is 3. The molecule has 0 aliphatic heterocycles. The maximum absolute atomic E-state index is 10.7. The number of ether oxygens (including phenoxy) is 2. The van der Waals surface area contributed by atoms with E-state index >= 15 is 0 Å². The van der Waals surface area contributed by atoms with Crippen LogP contribution in [-0.4, -0.2) is 24.3 Å². The minimum Gasteiger partial charge on any atom is -0.490 e. The lowest BCUT2D eigenvalue weighted by molar-refractivity contribution is -0.136. The fourth-order valence-electron chi connectivity index (χ4n) is 2.66. The summed E-state index contributed by atoms with van der Waals surface area (Å²) in [6.07, 6.45) is 0.547. The molecule has 25 heavy (non-hydrogen) atoms. The average Bonchev–Trinajstić information content (AvgIpc) is 2.64. The quantitative estimate of drug-likeness (QED) is 0.623. The number of rotatable bonds is 8. The van der Waals surface area contributed by atoms with Crippen molar-refractivity contribution in [2.45, 2.75) is 12.8 Å². The summed E-state index contributed by atoms with van der Waals surface area (Å²) in [4.78, 5) is 10.7. The number of carbonyl (C=O) groups is 1. The fraction of sp³-hybridized carbons (Fsp3) is 0.190. The lowest BCUT2D eigenvalue weighted by Crippen LogP contribution is -2.10. The molecule has 0 aromatic heterocycles. The number of aliphatic carboxylic acids is 1. The van der Waals surface area contributed by atoms with Crippen LogP contribution in [-0.2, 0) is 11.2 Å². The summed E-state index contributed by atoms with van der Waals surface area (Å²) < 4.78 is 11.5. The third-order valence-corrected chi connectivity index (χ3v) is 3.91. The van der Waals surface area contributed by atoms with Crippen molar-refractivity contribution in [2.24, 2.45) is 0 Å². The third kappa shape index (κ3) is 4.73. The summed E-state index contributed by atoms with van der Waals surface area (Å²) in [6, 6.07) is 21.6. The zero-order valence-electron chi connectivity index (χ0n) is 13.9. The van der Waals surface area contributed by atoms with Crippen LogP contribution in [0.1, 0.15) is 12.0 Å². The molecule has 4 heteroatoms. The smallest absolute Gasteiger partial charge is 0.303 e. The molecule has 0 unspecified atom stereocenters. The Kier molecular flexibility index (Phi) is 5.52. The average molecular weight is 336 g/mol. The van der Waals surface area contributed by atoms with E-state index in [0.717, 1.165) is 16.7 Å². The van der Waals surface area contributed by atoms with Crippen LogP contribution in [0.5, 0.6) is 11.5 Å². The Morgan fingerprint density at radius 2 is 1.56 bits per heavy atom. The van der Waals surface area contributed by atoms with Crippen LogP contribution < -0.4 is 9.47 Å². The van der Waals surface area contributed by atoms with E-state index in [2.05, 4.69) is 12.1 Å². The minimum absolute atomic E-state index is 0.0912. The molecule has 0 bridgehead atoms. The molecule has 0 atom stereocenters. The molecule has 3 aromatic rings. The zero-order chi connectivity index (χ0) is 17.5. The first-order valence-corrected chi connectivity index (χ1v) is 8.26. The van der Waals surface area contributed by atoms with Crippen molar-refractivity contribution in [3.8, 4) is 11.5 Å². The summed E-state index contributed by atoms with van der Waals surface area (Å²) >= 11 is 0. The van der Waals surface area contributed by atoms with Crippen LogP contribution >= 0.6 is 0 Å². The van der Waals surface area contributed by atoms with Crippen LogP contribution in [0, 0.1) is 0 Å². The normalized spacial score (nSPS) is 10.6. The number of carboxylic acid groups (broad SMARTS) is 1. The van der Waals surface area contributed by atoms with Gasteiger partial charge in [-0.1, -0.05) is 48.5 Å². The highest BCUT2D eigenvalue weighted by Gasteiger charge is 2.06. The molecule has 1 N–H and O–H groups in total. The first-order chi connectivity index (χ1) is 12.2. The first kappa shape index (κ1) is 16.8. The van der Waals surface area contributed by atoms with Crippen molar-refractivity contribution in [1.29, 1.82) is 0 Å². The van der Waals surface area contributed by atoms with Gasteiger partial charge in [0.15, 0.2) is 0 Å². The van der Waals surface area contributed by atoms with Gasteiger partial charge in [-0.15, -0.1) is 0 Å². The molecule has 0 saturated heterocycles. The van der Waals surface area contributed by atoms with Gasteiger partial charge in [0.1, 0.15) is 24.7 Å². The number of hydrogen-bond donors (Lipinski definition) is 1. The van der Waals surface area contributed by atoms with E-state index in [9.17, 15) is 4.79 Å². The molecule has 0 amide bonds. The second kappa shape index (κ2) is 8.20. The maximum Gasteiger partial charge on any atom is 0.303 e.